The maximum absolute atomic E-state index is 13.7. The van der Waals surface area contributed by atoms with E-state index in [0.29, 0.717) is 11.3 Å². The zero-order chi connectivity index (χ0) is 13.9. The Kier molecular flexibility index (Phi) is 3.48. The van der Waals surface area contributed by atoms with Crippen LogP contribution >= 0.6 is 11.3 Å². The Morgan fingerprint density at radius 2 is 1.80 bits per heavy atom. The Balaban J connectivity index is 1.88. The molecule has 1 aromatic heterocycles. The second-order valence-electron chi connectivity index (χ2n) is 4.46. The zero-order valence-corrected chi connectivity index (χ0v) is 11.7. The lowest BCUT2D eigenvalue weighted by molar-refractivity contribution is 0.631. The molecule has 4 heteroatoms. The monoisotopic (exact) mass is 284 g/mol. The minimum atomic E-state index is -0.250. The smallest absolute Gasteiger partial charge is 0.187 e. The minimum Gasteiger partial charge on any atom is -0.331 e. The van der Waals surface area contributed by atoms with Crippen molar-refractivity contribution in [3.05, 3.63) is 65.3 Å². The third-order valence-corrected chi connectivity index (χ3v) is 3.80. The summed E-state index contributed by atoms with van der Waals surface area (Å²) < 4.78 is 13.7. The summed E-state index contributed by atoms with van der Waals surface area (Å²) in [5, 5.41) is 5.89. The van der Waals surface area contributed by atoms with Crippen molar-refractivity contribution in [2.24, 2.45) is 0 Å². The number of rotatable bonds is 3. The van der Waals surface area contributed by atoms with Crippen LogP contribution in [0.2, 0.25) is 0 Å². The first kappa shape index (κ1) is 12.8. The number of anilines is 2. The number of aromatic nitrogens is 1. The fraction of sp³-hybridized carbons (Fsp3) is 0.0625. The quantitative estimate of drug-likeness (QED) is 0.732. The Labute approximate surface area is 120 Å². The van der Waals surface area contributed by atoms with Crippen molar-refractivity contribution in [1.29, 1.82) is 0 Å². The van der Waals surface area contributed by atoms with E-state index in [1.807, 2.05) is 42.6 Å². The molecule has 0 spiro atoms. The van der Waals surface area contributed by atoms with Gasteiger partial charge in [0.15, 0.2) is 5.13 Å². The van der Waals surface area contributed by atoms with Crippen molar-refractivity contribution in [3.63, 3.8) is 0 Å². The molecule has 0 radical (unpaired) electrons. The standard InChI is InChI=1S/C16H13FN2S/c1-11-6-2-5-9-14(11)18-16-19-15(10-20-16)12-7-3-4-8-13(12)17/h2-10H,1H3,(H,18,19). The van der Waals surface area contributed by atoms with Crippen molar-refractivity contribution >= 4 is 22.2 Å². The number of halogens is 1. The molecule has 0 saturated carbocycles. The van der Waals surface area contributed by atoms with Gasteiger partial charge in [-0.1, -0.05) is 30.3 Å². The molecule has 3 aromatic rings. The molecule has 0 aliphatic rings. The van der Waals surface area contributed by atoms with Gasteiger partial charge in [-0.05, 0) is 30.7 Å². The van der Waals surface area contributed by atoms with Crippen LogP contribution in [-0.4, -0.2) is 4.98 Å². The van der Waals surface area contributed by atoms with Crippen LogP contribution in [0, 0.1) is 12.7 Å². The van der Waals surface area contributed by atoms with Gasteiger partial charge in [-0.15, -0.1) is 11.3 Å². The Morgan fingerprint density at radius 1 is 1.05 bits per heavy atom. The largest absolute Gasteiger partial charge is 0.331 e. The highest BCUT2D eigenvalue weighted by Gasteiger charge is 2.09. The van der Waals surface area contributed by atoms with E-state index in [2.05, 4.69) is 10.3 Å². The van der Waals surface area contributed by atoms with Crippen molar-refractivity contribution < 1.29 is 4.39 Å². The van der Waals surface area contributed by atoms with E-state index < -0.39 is 0 Å². The van der Waals surface area contributed by atoms with Gasteiger partial charge >= 0.3 is 0 Å². The van der Waals surface area contributed by atoms with Gasteiger partial charge in [0.1, 0.15) is 5.82 Å². The fourth-order valence-corrected chi connectivity index (χ4v) is 2.68. The van der Waals surface area contributed by atoms with Gasteiger partial charge in [-0.2, -0.15) is 0 Å². The molecule has 1 heterocycles. The molecule has 1 N–H and O–H groups in total. The Hall–Kier alpha value is -2.20. The molecule has 0 unspecified atom stereocenters. The highest BCUT2D eigenvalue weighted by Crippen LogP contribution is 2.29. The number of nitrogens with one attached hydrogen (secondary N) is 1. The molecular weight excluding hydrogens is 271 g/mol. The van der Waals surface area contributed by atoms with Gasteiger partial charge in [0, 0.05) is 16.6 Å². The molecule has 0 aliphatic heterocycles. The summed E-state index contributed by atoms with van der Waals surface area (Å²) in [5.74, 6) is -0.250. The molecule has 0 saturated heterocycles. The lowest BCUT2D eigenvalue weighted by Gasteiger charge is -2.05. The summed E-state index contributed by atoms with van der Waals surface area (Å²) >= 11 is 1.47. The molecule has 3 rings (SSSR count). The van der Waals surface area contributed by atoms with Crippen LogP contribution in [0.1, 0.15) is 5.56 Å². The predicted octanol–water partition coefficient (Wildman–Crippen LogP) is 5.00. The van der Waals surface area contributed by atoms with Crippen molar-refractivity contribution in [2.75, 3.05) is 5.32 Å². The van der Waals surface area contributed by atoms with Gasteiger partial charge in [0.2, 0.25) is 0 Å². The summed E-state index contributed by atoms with van der Waals surface area (Å²) in [4.78, 5) is 4.45. The third-order valence-electron chi connectivity index (χ3n) is 3.04. The van der Waals surface area contributed by atoms with Crippen LogP contribution in [0.15, 0.2) is 53.9 Å². The summed E-state index contributed by atoms with van der Waals surface area (Å²) in [6.07, 6.45) is 0. The van der Waals surface area contributed by atoms with Gasteiger partial charge in [-0.3, -0.25) is 0 Å². The lowest BCUT2D eigenvalue weighted by atomic mass is 10.2. The van der Waals surface area contributed by atoms with E-state index >= 15 is 0 Å². The number of thiazole rings is 1. The minimum absolute atomic E-state index is 0.250. The highest BCUT2D eigenvalue weighted by molar-refractivity contribution is 7.14. The van der Waals surface area contributed by atoms with Gasteiger partial charge < -0.3 is 5.32 Å². The first-order valence-electron chi connectivity index (χ1n) is 6.27. The fourth-order valence-electron chi connectivity index (χ4n) is 1.95. The first-order chi connectivity index (χ1) is 9.74. The van der Waals surface area contributed by atoms with Gasteiger partial charge in [0.25, 0.3) is 0 Å². The van der Waals surface area contributed by atoms with E-state index in [-0.39, 0.29) is 5.82 Å². The Morgan fingerprint density at radius 3 is 2.60 bits per heavy atom. The number of nitrogens with zero attached hydrogens (tertiary/aromatic N) is 1. The lowest BCUT2D eigenvalue weighted by Crippen LogP contribution is -1.92. The van der Waals surface area contributed by atoms with Crippen LogP contribution in [0.4, 0.5) is 15.2 Å². The van der Waals surface area contributed by atoms with Crippen LogP contribution in [0.5, 0.6) is 0 Å². The van der Waals surface area contributed by atoms with E-state index in [4.69, 9.17) is 0 Å². The van der Waals surface area contributed by atoms with Gasteiger partial charge in [0.05, 0.1) is 5.69 Å². The van der Waals surface area contributed by atoms with Crippen molar-refractivity contribution in [1.82, 2.24) is 4.98 Å². The summed E-state index contributed by atoms with van der Waals surface area (Å²) in [6.45, 7) is 2.04. The van der Waals surface area contributed by atoms with Crippen LogP contribution in [0.25, 0.3) is 11.3 Å². The molecule has 0 atom stereocenters. The SMILES string of the molecule is Cc1ccccc1Nc1nc(-c2ccccc2F)cs1. The maximum Gasteiger partial charge on any atom is 0.187 e. The molecule has 100 valence electrons. The highest BCUT2D eigenvalue weighted by atomic mass is 32.1. The van der Waals surface area contributed by atoms with Crippen LogP contribution < -0.4 is 5.32 Å². The first-order valence-corrected chi connectivity index (χ1v) is 7.15. The summed E-state index contributed by atoms with van der Waals surface area (Å²) in [7, 11) is 0. The van der Waals surface area contributed by atoms with E-state index in [0.717, 1.165) is 16.4 Å². The van der Waals surface area contributed by atoms with Gasteiger partial charge in [-0.25, -0.2) is 9.37 Å². The molecule has 0 bridgehead atoms. The van der Waals surface area contributed by atoms with E-state index in [1.54, 1.807) is 12.1 Å². The molecule has 0 fully saturated rings. The maximum atomic E-state index is 13.7. The number of aryl methyl sites for hydroxylation is 1. The van der Waals surface area contributed by atoms with Crippen molar-refractivity contribution in [3.8, 4) is 11.3 Å². The average Bonchev–Trinajstić information content (AvgIpc) is 2.90. The second kappa shape index (κ2) is 5.43. The number of hydrogen-bond donors (Lipinski definition) is 1. The van der Waals surface area contributed by atoms with E-state index in [9.17, 15) is 4.39 Å². The molecule has 0 amide bonds. The molecule has 0 aliphatic carbocycles. The second-order valence-corrected chi connectivity index (χ2v) is 5.32. The molecule has 20 heavy (non-hydrogen) atoms. The van der Waals surface area contributed by atoms with Crippen LogP contribution in [0.3, 0.4) is 0 Å². The summed E-state index contributed by atoms with van der Waals surface area (Å²) in [5.41, 5.74) is 3.35. The van der Waals surface area contributed by atoms with Crippen molar-refractivity contribution in [2.45, 2.75) is 6.92 Å². The summed E-state index contributed by atoms with van der Waals surface area (Å²) in [6, 6.07) is 14.7. The predicted molar refractivity (Wildman–Crippen MR) is 82.0 cm³/mol. The number of hydrogen-bond acceptors (Lipinski definition) is 3. The van der Waals surface area contributed by atoms with E-state index in [1.165, 1.54) is 17.4 Å². The Bertz CT molecular complexity index is 737. The zero-order valence-electron chi connectivity index (χ0n) is 10.9. The van der Waals surface area contributed by atoms with Crippen LogP contribution in [-0.2, 0) is 0 Å². The number of para-hydroxylation sites is 1. The third kappa shape index (κ3) is 2.56. The molecule has 2 aromatic carbocycles. The molecule has 2 nitrogen and oxygen atoms in total. The average molecular weight is 284 g/mol. The topological polar surface area (TPSA) is 24.9 Å². The normalized spacial score (nSPS) is 10.5. The number of benzene rings is 2. The molecular formula is C16H13FN2S.